The molecule has 122 valence electrons. The minimum absolute atomic E-state index is 0.116. The van der Waals surface area contributed by atoms with Gasteiger partial charge in [-0.15, -0.1) is 0 Å². The van der Waals surface area contributed by atoms with Gasteiger partial charge in [-0.1, -0.05) is 12.1 Å². The van der Waals surface area contributed by atoms with Crippen LogP contribution >= 0.6 is 0 Å². The third-order valence-corrected chi connectivity index (χ3v) is 3.48. The highest BCUT2D eigenvalue weighted by Crippen LogP contribution is 2.31. The average molecular weight is 314 g/mol. The van der Waals surface area contributed by atoms with Crippen molar-refractivity contribution in [2.24, 2.45) is 0 Å². The van der Waals surface area contributed by atoms with Crippen molar-refractivity contribution >= 4 is 6.29 Å². The Hall–Kier alpha value is -2.49. The zero-order valence-electron chi connectivity index (χ0n) is 13.9. The van der Waals surface area contributed by atoms with E-state index in [0.29, 0.717) is 11.5 Å². The van der Waals surface area contributed by atoms with E-state index in [2.05, 4.69) is 0 Å². The van der Waals surface area contributed by atoms with E-state index in [1.54, 1.807) is 20.3 Å². The average Bonchev–Trinajstić information content (AvgIpc) is 2.56. The molecular weight excluding hydrogens is 292 g/mol. The van der Waals surface area contributed by atoms with Crippen LogP contribution in [-0.2, 0) is 4.79 Å². The third-order valence-electron chi connectivity index (χ3n) is 3.48. The lowest BCUT2D eigenvalue weighted by atomic mass is 9.92. The van der Waals surface area contributed by atoms with Gasteiger partial charge in [-0.3, -0.25) is 0 Å². The molecular formula is C19H22O4. The summed E-state index contributed by atoms with van der Waals surface area (Å²) >= 11 is 0. The quantitative estimate of drug-likeness (QED) is 0.729. The molecule has 1 atom stereocenters. The van der Waals surface area contributed by atoms with Crippen LogP contribution in [0.25, 0.3) is 0 Å². The topological polar surface area (TPSA) is 44.8 Å². The Morgan fingerprint density at radius 2 is 1.39 bits per heavy atom. The first kappa shape index (κ1) is 16.9. The SMILES string of the molecule is COc1cc(OC)cc(C(C=O)c2ccc(OC(C)C)cc2)c1. The number of methoxy groups -OCH3 is 2. The predicted octanol–water partition coefficient (Wildman–Crippen LogP) is 3.82. The highest BCUT2D eigenvalue weighted by atomic mass is 16.5. The molecule has 0 heterocycles. The fourth-order valence-corrected chi connectivity index (χ4v) is 2.38. The van der Waals surface area contributed by atoms with Crippen molar-refractivity contribution in [1.82, 2.24) is 0 Å². The van der Waals surface area contributed by atoms with Gasteiger partial charge in [0.1, 0.15) is 23.5 Å². The molecule has 0 spiro atoms. The van der Waals surface area contributed by atoms with Crippen LogP contribution in [-0.4, -0.2) is 26.6 Å². The summed E-state index contributed by atoms with van der Waals surface area (Å²) < 4.78 is 16.2. The van der Waals surface area contributed by atoms with Crippen LogP contribution in [0.2, 0.25) is 0 Å². The molecule has 2 aromatic rings. The molecule has 0 fully saturated rings. The summed E-state index contributed by atoms with van der Waals surface area (Å²) in [5, 5.41) is 0. The maximum atomic E-state index is 11.7. The van der Waals surface area contributed by atoms with Gasteiger partial charge in [0, 0.05) is 6.07 Å². The van der Waals surface area contributed by atoms with E-state index in [0.717, 1.165) is 23.2 Å². The van der Waals surface area contributed by atoms with Crippen LogP contribution in [0.1, 0.15) is 30.9 Å². The van der Waals surface area contributed by atoms with Crippen molar-refractivity contribution < 1.29 is 19.0 Å². The molecule has 0 saturated carbocycles. The van der Waals surface area contributed by atoms with Gasteiger partial charge in [0.25, 0.3) is 0 Å². The highest BCUT2D eigenvalue weighted by molar-refractivity contribution is 5.69. The molecule has 0 aliphatic rings. The van der Waals surface area contributed by atoms with Gasteiger partial charge in [-0.25, -0.2) is 0 Å². The number of benzene rings is 2. The Morgan fingerprint density at radius 3 is 1.83 bits per heavy atom. The Balaban J connectivity index is 2.34. The first-order chi connectivity index (χ1) is 11.1. The molecule has 0 aliphatic carbocycles. The summed E-state index contributed by atoms with van der Waals surface area (Å²) in [6.07, 6.45) is 1.04. The molecule has 23 heavy (non-hydrogen) atoms. The zero-order valence-corrected chi connectivity index (χ0v) is 13.9. The Kier molecular flexibility index (Phi) is 5.63. The van der Waals surface area contributed by atoms with E-state index in [4.69, 9.17) is 14.2 Å². The summed E-state index contributed by atoms with van der Waals surface area (Å²) in [5.74, 6) is 1.72. The van der Waals surface area contributed by atoms with Gasteiger partial charge in [0.15, 0.2) is 0 Å². The van der Waals surface area contributed by atoms with Gasteiger partial charge in [0.05, 0.1) is 26.2 Å². The summed E-state index contributed by atoms with van der Waals surface area (Å²) in [7, 11) is 3.18. The number of carbonyl (C=O) groups excluding carboxylic acids is 1. The van der Waals surface area contributed by atoms with E-state index in [-0.39, 0.29) is 12.0 Å². The minimum Gasteiger partial charge on any atom is -0.497 e. The van der Waals surface area contributed by atoms with Gasteiger partial charge < -0.3 is 19.0 Å². The third kappa shape index (κ3) is 4.25. The van der Waals surface area contributed by atoms with Crippen LogP contribution in [0.5, 0.6) is 17.2 Å². The Bertz CT molecular complexity index is 625. The molecule has 0 radical (unpaired) electrons. The fourth-order valence-electron chi connectivity index (χ4n) is 2.38. The normalized spacial score (nSPS) is 11.9. The molecule has 0 aromatic heterocycles. The second kappa shape index (κ2) is 7.68. The van der Waals surface area contributed by atoms with E-state index in [1.807, 2.05) is 50.2 Å². The van der Waals surface area contributed by atoms with E-state index in [1.165, 1.54) is 0 Å². The van der Waals surface area contributed by atoms with Gasteiger partial charge in [-0.05, 0) is 49.2 Å². The van der Waals surface area contributed by atoms with Crippen molar-refractivity contribution in [3.63, 3.8) is 0 Å². The monoisotopic (exact) mass is 314 g/mol. The predicted molar refractivity (Wildman–Crippen MR) is 89.7 cm³/mol. The summed E-state index contributed by atoms with van der Waals surface area (Å²) in [5.41, 5.74) is 1.72. The van der Waals surface area contributed by atoms with Crippen LogP contribution in [0, 0.1) is 0 Å². The molecule has 2 rings (SSSR count). The van der Waals surface area contributed by atoms with Crippen LogP contribution < -0.4 is 14.2 Å². The Morgan fingerprint density at radius 1 is 0.826 bits per heavy atom. The Labute approximate surface area is 137 Å². The standard InChI is InChI=1S/C19H22O4/c1-13(2)23-16-7-5-14(6-8-16)19(12-20)15-9-17(21-3)11-18(10-15)22-4/h5-13,19H,1-4H3. The molecule has 2 aromatic carbocycles. The molecule has 0 N–H and O–H groups in total. The van der Waals surface area contributed by atoms with Crippen LogP contribution in [0.3, 0.4) is 0 Å². The molecule has 0 aliphatic heterocycles. The molecule has 4 nitrogen and oxygen atoms in total. The van der Waals surface area contributed by atoms with Crippen molar-refractivity contribution in [3.05, 3.63) is 53.6 Å². The molecule has 0 saturated heterocycles. The van der Waals surface area contributed by atoms with Crippen molar-refractivity contribution in [2.45, 2.75) is 25.9 Å². The van der Waals surface area contributed by atoms with Gasteiger partial charge in [0.2, 0.25) is 0 Å². The lowest BCUT2D eigenvalue weighted by molar-refractivity contribution is -0.108. The van der Waals surface area contributed by atoms with Crippen LogP contribution in [0.4, 0.5) is 0 Å². The maximum absolute atomic E-state index is 11.7. The van der Waals surface area contributed by atoms with E-state index >= 15 is 0 Å². The number of aldehydes is 1. The lowest BCUT2D eigenvalue weighted by Gasteiger charge is -2.15. The van der Waals surface area contributed by atoms with Crippen molar-refractivity contribution in [3.8, 4) is 17.2 Å². The largest absolute Gasteiger partial charge is 0.497 e. The second-order valence-corrected chi connectivity index (χ2v) is 5.50. The first-order valence-corrected chi connectivity index (χ1v) is 7.52. The zero-order chi connectivity index (χ0) is 16.8. The van der Waals surface area contributed by atoms with E-state index < -0.39 is 0 Å². The number of carbonyl (C=O) groups is 1. The van der Waals surface area contributed by atoms with Crippen LogP contribution in [0.15, 0.2) is 42.5 Å². The summed E-state index contributed by atoms with van der Waals surface area (Å²) in [6.45, 7) is 3.95. The number of rotatable bonds is 7. The maximum Gasteiger partial charge on any atom is 0.131 e. The number of ether oxygens (including phenoxy) is 3. The van der Waals surface area contributed by atoms with E-state index in [9.17, 15) is 4.79 Å². The minimum atomic E-state index is -0.382. The molecule has 1 unspecified atom stereocenters. The number of hydrogen-bond donors (Lipinski definition) is 0. The smallest absolute Gasteiger partial charge is 0.131 e. The molecule has 4 heteroatoms. The van der Waals surface area contributed by atoms with Crippen molar-refractivity contribution in [2.75, 3.05) is 14.2 Å². The summed E-state index contributed by atoms with van der Waals surface area (Å²) in [6, 6.07) is 13.0. The highest BCUT2D eigenvalue weighted by Gasteiger charge is 2.16. The van der Waals surface area contributed by atoms with Gasteiger partial charge >= 0.3 is 0 Å². The molecule has 0 amide bonds. The first-order valence-electron chi connectivity index (χ1n) is 7.52. The van der Waals surface area contributed by atoms with Crippen molar-refractivity contribution in [1.29, 1.82) is 0 Å². The number of hydrogen-bond acceptors (Lipinski definition) is 4. The molecule has 0 bridgehead atoms. The van der Waals surface area contributed by atoms with Gasteiger partial charge in [-0.2, -0.15) is 0 Å². The second-order valence-electron chi connectivity index (χ2n) is 5.50. The fraction of sp³-hybridized carbons (Fsp3) is 0.316. The summed E-state index contributed by atoms with van der Waals surface area (Å²) in [4.78, 5) is 11.7. The lowest BCUT2D eigenvalue weighted by Crippen LogP contribution is -2.06.